The summed E-state index contributed by atoms with van der Waals surface area (Å²) in [7, 11) is 0. The van der Waals surface area contributed by atoms with Crippen molar-refractivity contribution in [1.82, 2.24) is 0 Å². The molecule has 0 radical (unpaired) electrons. The minimum Gasteiger partial charge on any atom is -0.478 e. The monoisotopic (exact) mass is 210 g/mol. The lowest BCUT2D eigenvalue weighted by Gasteiger charge is -1.97. The molecule has 0 saturated heterocycles. The first-order chi connectivity index (χ1) is 6.63. The molecular weight excluding hydrogens is 200 g/mol. The molecule has 1 aromatic carbocycles. The summed E-state index contributed by atoms with van der Waals surface area (Å²) in [5.41, 5.74) is 2.22. The maximum Gasteiger partial charge on any atom is 0.331 e. The number of carbonyl (C=O) groups is 1. The van der Waals surface area contributed by atoms with Crippen LogP contribution in [-0.2, 0) is 10.7 Å². The van der Waals surface area contributed by atoms with Crippen LogP contribution in [0.5, 0.6) is 0 Å². The van der Waals surface area contributed by atoms with Crippen LogP contribution < -0.4 is 0 Å². The predicted octanol–water partition coefficient (Wildman–Crippen LogP) is 2.91. The van der Waals surface area contributed by atoms with E-state index in [2.05, 4.69) is 0 Å². The fourth-order valence-electron chi connectivity index (χ4n) is 1.01. The lowest BCUT2D eigenvalue weighted by Crippen LogP contribution is -1.95. The normalized spacial score (nSPS) is 11.4. The van der Waals surface area contributed by atoms with Gasteiger partial charge in [0.2, 0.25) is 0 Å². The third-order valence-electron chi connectivity index (χ3n) is 1.85. The Kier molecular flexibility index (Phi) is 3.72. The summed E-state index contributed by atoms with van der Waals surface area (Å²) in [5, 5.41) is 8.65. The molecule has 0 amide bonds. The van der Waals surface area contributed by atoms with Crippen LogP contribution in [0.15, 0.2) is 29.8 Å². The van der Waals surface area contributed by atoms with Gasteiger partial charge < -0.3 is 5.11 Å². The van der Waals surface area contributed by atoms with E-state index >= 15 is 0 Å². The number of hydrogen-bond acceptors (Lipinski definition) is 1. The standard InChI is InChI=1S/C11H11ClO2/c1-8(11(13)14)6-9-2-4-10(7-12)5-3-9/h2-6H,7H2,1H3,(H,13,14). The summed E-state index contributed by atoms with van der Waals surface area (Å²) in [6.45, 7) is 1.57. The van der Waals surface area contributed by atoms with Gasteiger partial charge in [0, 0.05) is 11.5 Å². The van der Waals surface area contributed by atoms with Crippen molar-refractivity contribution in [3.8, 4) is 0 Å². The third-order valence-corrected chi connectivity index (χ3v) is 2.16. The molecule has 1 aromatic rings. The Bertz CT molecular complexity index is 352. The van der Waals surface area contributed by atoms with Gasteiger partial charge >= 0.3 is 5.97 Å². The van der Waals surface area contributed by atoms with Crippen molar-refractivity contribution >= 4 is 23.6 Å². The topological polar surface area (TPSA) is 37.3 Å². The maximum atomic E-state index is 10.5. The molecule has 1 rings (SSSR count). The van der Waals surface area contributed by atoms with Gasteiger partial charge in [-0.05, 0) is 24.1 Å². The number of alkyl halides is 1. The average molecular weight is 211 g/mol. The molecule has 0 spiro atoms. The van der Waals surface area contributed by atoms with Crippen LogP contribution in [-0.4, -0.2) is 11.1 Å². The number of aliphatic carboxylic acids is 1. The van der Waals surface area contributed by atoms with Crippen molar-refractivity contribution in [3.63, 3.8) is 0 Å². The van der Waals surface area contributed by atoms with Crippen molar-refractivity contribution in [2.24, 2.45) is 0 Å². The summed E-state index contributed by atoms with van der Waals surface area (Å²) < 4.78 is 0. The van der Waals surface area contributed by atoms with E-state index < -0.39 is 5.97 Å². The highest BCUT2D eigenvalue weighted by Crippen LogP contribution is 2.10. The highest BCUT2D eigenvalue weighted by molar-refractivity contribution is 6.17. The van der Waals surface area contributed by atoms with Gasteiger partial charge in [-0.25, -0.2) is 4.79 Å². The number of rotatable bonds is 3. The van der Waals surface area contributed by atoms with Crippen LogP contribution in [0.2, 0.25) is 0 Å². The Labute approximate surface area is 87.8 Å². The Balaban J connectivity index is 2.88. The van der Waals surface area contributed by atoms with Gasteiger partial charge in [-0.2, -0.15) is 0 Å². The van der Waals surface area contributed by atoms with Gasteiger partial charge in [0.1, 0.15) is 0 Å². The lowest BCUT2D eigenvalue weighted by atomic mass is 10.1. The molecule has 0 atom stereocenters. The van der Waals surface area contributed by atoms with E-state index in [1.54, 1.807) is 13.0 Å². The summed E-state index contributed by atoms with van der Waals surface area (Å²) in [6.07, 6.45) is 1.63. The van der Waals surface area contributed by atoms with Gasteiger partial charge in [0.15, 0.2) is 0 Å². The molecule has 74 valence electrons. The van der Waals surface area contributed by atoms with E-state index in [-0.39, 0.29) is 0 Å². The van der Waals surface area contributed by atoms with E-state index in [9.17, 15) is 4.79 Å². The zero-order valence-electron chi connectivity index (χ0n) is 7.83. The lowest BCUT2D eigenvalue weighted by molar-refractivity contribution is -0.132. The molecule has 0 saturated carbocycles. The largest absolute Gasteiger partial charge is 0.478 e. The SMILES string of the molecule is CC(=Cc1ccc(CCl)cc1)C(=O)O. The summed E-state index contributed by atoms with van der Waals surface area (Å²) in [6, 6.07) is 7.47. The Morgan fingerprint density at radius 1 is 1.43 bits per heavy atom. The van der Waals surface area contributed by atoms with Crippen LogP contribution in [0.4, 0.5) is 0 Å². The molecular formula is C11H11ClO2. The van der Waals surface area contributed by atoms with E-state index in [0.29, 0.717) is 11.5 Å². The van der Waals surface area contributed by atoms with Crippen molar-refractivity contribution in [2.45, 2.75) is 12.8 Å². The van der Waals surface area contributed by atoms with Crippen molar-refractivity contribution in [3.05, 3.63) is 41.0 Å². The molecule has 0 unspecified atom stereocenters. The maximum absolute atomic E-state index is 10.5. The molecule has 14 heavy (non-hydrogen) atoms. The van der Waals surface area contributed by atoms with Crippen LogP contribution >= 0.6 is 11.6 Å². The summed E-state index contributed by atoms with van der Waals surface area (Å²) in [5.74, 6) is -0.423. The van der Waals surface area contributed by atoms with E-state index in [1.807, 2.05) is 24.3 Å². The van der Waals surface area contributed by atoms with Gasteiger partial charge in [-0.3, -0.25) is 0 Å². The molecule has 0 heterocycles. The molecule has 0 bridgehead atoms. The molecule has 1 N–H and O–H groups in total. The van der Waals surface area contributed by atoms with Crippen LogP contribution in [0.3, 0.4) is 0 Å². The second-order valence-corrected chi connectivity index (χ2v) is 3.27. The smallest absolute Gasteiger partial charge is 0.331 e. The van der Waals surface area contributed by atoms with Crippen LogP contribution in [0.25, 0.3) is 6.08 Å². The zero-order valence-corrected chi connectivity index (χ0v) is 8.58. The predicted molar refractivity (Wildman–Crippen MR) is 57.3 cm³/mol. The fraction of sp³-hybridized carbons (Fsp3) is 0.182. The van der Waals surface area contributed by atoms with Crippen LogP contribution in [0.1, 0.15) is 18.1 Å². The second kappa shape index (κ2) is 4.82. The quantitative estimate of drug-likeness (QED) is 0.615. The molecule has 0 aliphatic rings. The van der Waals surface area contributed by atoms with Gasteiger partial charge in [-0.15, -0.1) is 11.6 Å². The molecule has 0 aromatic heterocycles. The highest BCUT2D eigenvalue weighted by Gasteiger charge is 1.99. The zero-order chi connectivity index (χ0) is 10.6. The minimum atomic E-state index is -0.897. The Morgan fingerprint density at radius 2 is 2.00 bits per heavy atom. The first kappa shape index (κ1) is 10.8. The Hall–Kier alpha value is -1.28. The van der Waals surface area contributed by atoms with Crippen molar-refractivity contribution < 1.29 is 9.90 Å². The third kappa shape index (κ3) is 2.89. The van der Waals surface area contributed by atoms with Gasteiger partial charge in [0.05, 0.1) is 0 Å². The van der Waals surface area contributed by atoms with E-state index in [0.717, 1.165) is 11.1 Å². The molecule has 0 aliphatic heterocycles. The first-order valence-electron chi connectivity index (χ1n) is 4.20. The number of carboxylic acid groups (broad SMARTS) is 1. The fourth-order valence-corrected chi connectivity index (χ4v) is 1.19. The van der Waals surface area contributed by atoms with Gasteiger partial charge in [-0.1, -0.05) is 24.3 Å². The minimum absolute atomic E-state index is 0.323. The van der Waals surface area contributed by atoms with Crippen molar-refractivity contribution in [1.29, 1.82) is 0 Å². The number of carboxylic acids is 1. The molecule has 0 fully saturated rings. The summed E-state index contributed by atoms with van der Waals surface area (Å²) >= 11 is 5.63. The summed E-state index contributed by atoms with van der Waals surface area (Å²) in [4.78, 5) is 10.5. The molecule has 3 heteroatoms. The Morgan fingerprint density at radius 3 is 2.43 bits per heavy atom. The number of halogens is 1. The highest BCUT2D eigenvalue weighted by atomic mass is 35.5. The number of benzene rings is 1. The van der Waals surface area contributed by atoms with E-state index in [1.165, 1.54) is 0 Å². The van der Waals surface area contributed by atoms with Crippen LogP contribution in [0, 0.1) is 0 Å². The molecule has 2 nitrogen and oxygen atoms in total. The van der Waals surface area contributed by atoms with Crippen molar-refractivity contribution in [2.75, 3.05) is 0 Å². The van der Waals surface area contributed by atoms with E-state index in [4.69, 9.17) is 16.7 Å². The molecule has 0 aliphatic carbocycles. The first-order valence-corrected chi connectivity index (χ1v) is 4.73. The second-order valence-electron chi connectivity index (χ2n) is 3.01. The average Bonchev–Trinajstić information content (AvgIpc) is 2.19. The number of hydrogen-bond donors (Lipinski definition) is 1. The van der Waals surface area contributed by atoms with Gasteiger partial charge in [0.25, 0.3) is 0 Å².